The number of nitrogens with one attached hydrogen (secondary N) is 1. The van der Waals surface area contributed by atoms with Crippen LogP contribution >= 0.6 is 23.2 Å². The molecule has 0 saturated heterocycles. The summed E-state index contributed by atoms with van der Waals surface area (Å²) in [5.74, 6) is 0.755. The maximum atomic E-state index is 5.89. The summed E-state index contributed by atoms with van der Waals surface area (Å²) in [7, 11) is 0. The van der Waals surface area contributed by atoms with Crippen LogP contribution in [0.3, 0.4) is 0 Å². The van der Waals surface area contributed by atoms with Crippen LogP contribution in [0.2, 0.25) is 10.0 Å². The molecule has 0 amide bonds. The van der Waals surface area contributed by atoms with Crippen molar-refractivity contribution >= 4 is 23.2 Å². The normalized spacial score (nSPS) is 10.9. The highest BCUT2D eigenvalue weighted by Crippen LogP contribution is 2.26. The standard InChI is InChI=1S/C13H19Cl2NO/c1-3-10(4-2)16-7-8-17-11-5-6-12(14)13(15)9-11/h5-6,9-10,16H,3-4,7-8H2,1-2H3. The van der Waals surface area contributed by atoms with E-state index in [0.29, 0.717) is 22.7 Å². The van der Waals surface area contributed by atoms with Gasteiger partial charge in [0.25, 0.3) is 0 Å². The lowest BCUT2D eigenvalue weighted by Gasteiger charge is -2.15. The first-order valence-electron chi connectivity index (χ1n) is 5.98. The molecule has 0 aliphatic rings. The Hall–Kier alpha value is -0.440. The fourth-order valence-corrected chi connectivity index (χ4v) is 1.86. The molecule has 0 bridgehead atoms. The first-order valence-corrected chi connectivity index (χ1v) is 6.74. The molecule has 17 heavy (non-hydrogen) atoms. The van der Waals surface area contributed by atoms with E-state index >= 15 is 0 Å². The Morgan fingerprint density at radius 3 is 2.47 bits per heavy atom. The van der Waals surface area contributed by atoms with Crippen LogP contribution in [0.25, 0.3) is 0 Å². The summed E-state index contributed by atoms with van der Waals surface area (Å²) in [6.07, 6.45) is 2.28. The van der Waals surface area contributed by atoms with E-state index in [1.54, 1.807) is 12.1 Å². The van der Waals surface area contributed by atoms with Crippen LogP contribution in [0.1, 0.15) is 26.7 Å². The minimum atomic E-state index is 0.525. The second-order valence-electron chi connectivity index (χ2n) is 3.89. The van der Waals surface area contributed by atoms with Crippen LogP contribution in [-0.2, 0) is 0 Å². The molecule has 1 N–H and O–H groups in total. The number of benzene rings is 1. The van der Waals surface area contributed by atoms with Gasteiger partial charge in [0.1, 0.15) is 12.4 Å². The molecule has 1 rings (SSSR count). The molecule has 1 aromatic carbocycles. The van der Waals surface area contributed by atoms with Gasteiger partial charge < -0.3 is 10.1 Å². The van der Waals surface area contributed by atoms with Crippen LogP contribution in [-0.4, -0.2) is 19.2 Å². The van der Waals surface area contributed by atoms with Crippen molar-refractivity contribution in [1.29, 1.82) is 0 Å². The molecular formula is C13H19Cl2NO. The van der Waals surface area contributed by atoms with Crippen molar-refractivity contribution in [3.8, 4) is 5.75 Å². The first-order chi connectivity index (χ1) is 8.17. The van der Waals surface area contributed by atoms with E-state index in [0.717, 1.165) is 25.1 Å². The summed E-state index contributed by atoms with van der Waals surface area (Å²) < 4.78 is 5.58. The molecule has 2 nitrogen and oxygen atoms in total. The van der Waals surface area contributed by atoms with Gasteiger partial charge in [-0.25, -0.2) is 0 Å². The zero-order valence-corrected chi connectivity index (χ0v) is 11.8. The van der Waals surface area contributed by atoms with Gasteiger partial charge in [0.05, 0.1) is 10.0 Å². The maximum Gasteiger partial charge on any atom is 0.120 e. The Morgan fingerprint density at radius 2 is 1.88 bits per heavy atom. The fourth-order valence-electron chi connectivity index (χ4n) is 1.58. The van der Waals surface area contributed by atoms with Gasteiger partial charge in [-0.1, -0.05) is 37.0 Å². The molecule has 0 radical (unpaired) electrons. The van der Waals surface area contributed by atoms with E-state index in [-0.39, 0.29) is 0 Å². The van der Waals surface area contributed by atoms with Crippen LogP contribution in [0.15, 0.2) is 18.2 Å². The zero-order valence-electron chi connectivity index (χ0n) is 10.3. The number of hydrogen-bond donors (Lipinski definition) is 1. The molecular weight excluding hydrogens is 257 g/mol. The van der Waals surface area contributed by atoms with E-state index in [2.05, 4.69) is 19.2 Å². The lowest BCUT2D eigenvalue weighted by atomic mass is 10.2. The Balaban J connectivity index is 2.28. The summed E-state index contributed by atoms with van der Waals surface area (Å²) in [5.41, 5.74) is 0. The molecule has 0 atom stereocenters. The van der Waals surface area contributed by atoms with Crippen LogP contribution in [0.5, 0.6) is 5.75 Å². The molecule has 96 valence electrons. The van der Waals surface area contributed by atoms with Gasteiger partial charge in [-0.15, -0.1) is 0 Å². The molecule has 0 fully saturated rings. The summed E-state index contributed by atoms with van der Waals surface area (Å²) in [6, 6.07) is 5.88. The van der Waals surface area contributed by atoms with E-state index in [1.165, 1.54) is 0 Å². The van der Waals surface area contributed by atoms with E-state index in [1.807, 2.05) is 6.07 Å². The van der Waals surface area contributed by atoms with E-state index < -0.39 is 0 Å². The van der Waals surface area contributed by atoms with E-state index in [4.69, 9.17) is 27.9 Å². The lowest BCUT2D eigenvalue weighted by molar-refractivity contribution is 0.302. The maximum absolute atomic E-state index is 5.89. The fraction of sp³-hybridized carbons (Fsp3) is 0.538. The molecule has 0 aliphatic heterocycles. The summed E-state index contributed by atoms with van der Waals surface area (Å²) in [6.45, 7) is 5.84. The van der Waals surface area contributed by atoms with Crippen LogP contribution in [0, 0.1) is 0 Å². The van der Waals surface area contributed by atoms with Crippen molar-refractivity contribution in [3.63, 3.8) is 0 Å². The number of halogens is 2. The predicted molar refractivity (Wildman–Crippen MR) is 74.3 cm³/mol. The van der Waals surface area contributed by atoms with E-state index in [9.17, 15) is 0 Å². The predicted octanol–water partition coefficient (Wildman–Crippen LogP) is 4.15. The molecule has 0 spiro atoms. The Labute approximate surface area is 113 Å². The van der Waals surface area contributed by atoms with Gasteiger partial charge in [-0.2, -0.15) is 0 Å². The summed E-state index contributed by atoms with van der Waals surface area (Å²) in [5, 5.41) is 4.51. The van der Waals surface area contributed by atoms with Crippen molar-refractivity contribution in [3.05, 3.63) is 28.2 Å². The van der Waals surface area contributed by atoms with Gasteiger partial charge in [0, 0.05) is 18.7 Å². The van der Waals surface area contributed by atoms with Crippen LogP contribution < -0.4 is 10.1 Å². The zero-order chi connectivity index (χ0) is 12.7. The third-order valence-corrected chi connectivity index (χ3v) is 3.42. The van der Waals surface area contributed by atoms with Crippen molar-refractivity contribution < 1.29 is 4.74 Å². The van der Waals surface area contributed by atoms with Crippen molar-refractivity contribution in [1.82, 2.24) is 5.32 Å². The van der Waals surface area contributed by atoms with Gasteiger partial charge in [-0.05, 0) is 25.0 Å². The quantitative estimate of drug-likeness (QED) is 0.755. The molecule has 1 aromatic rings. The third-order valence-electron chi connectivity index (χ3n) is 2.68. The molecule has 0 saturated carbocycles. The highest BCUT2D eigenvalue weighted by molar-refractivity contribution is 6.42. The lowest BCUT2D eigenvalue weighted by Crippen LogP contribution is -2.31. The minimum Gasteiger partial charge on any atom is -0.492 e. The highest BCUT2D eigenvalue weighted by atomic mass is 35.5. The van der Waals surface area contributed by atoms with Crippen molar-refractivity contribution in [2.24, 2.45) is 0 Å². The second kappa shape index (κ2) is 7.80. The minimum absolute atomic E-state index is 0.525. The van der Waals surface area contributed by atoms with Gasteiger partial charge in [0.2, 0.25) is 0 Å². The summed E-state index contributed by atoms with van der Waals surface area (Å²) >= 11 is 11.7. The van der Waals surface area contributed by atoms with Crippen molar-refractivity contribution in [2.45, 2.75) is 32.7 Å². The number of hydrogen-bond acceptors (Lipinski definition) is 2. The Morgan fingerprint density at radius 1 is 1.18 bits per heavy atom. The Kier molecular flexibility index (Phi) is 6.71. The highest BCUT2D eigenvalue weighted by Gasteiger charge is 2.02. The monoisotopic (exact) mass is 275 g/mol. The number of rotatable bonds is 7. The Bertz CT molecular complexity index is 340. The summed E-state index contributed by atoms with van der Waals surface area (Å²) in [4.78, 5) is 0. The van der Waals surface area contributed by atoms with Crippen molar-refractivity contribution in [2.75, 3.05) is 13.2 Å². The van der Waals surface area contributed by atoms with Crippen LogP contribution in [0.4, 0.5) is 0 Å². The van der Waals surface area contributed by atoms with Gasteiger partial charge in [-0.3, -0.25) is 0 Å². The largest absolute Gasteiger partial charge is 0.492 e. The molecule has 0 aromatic heterocycles. The number of ether oxygens (including phenoxy) is 1. The molecule has 0 unspecified atom stereocenters. The third kappa shape index (κ3) is 5.15. The average molecular weight is 276 g/mol. The average Bonchev–Trinajstić information content (AvgIpc) is 2.34. The topological polar surface area (TPSA) is 21.3 Å². The second-order valence-corrected chi connectivity index (χ2v) is 4.71. The molecule has 0 heterocycles. The smallest absolute Gasteiger partial charge is 0.120 e. The first kappa shape index (κ1) is 14.6. The molecule has 4 heteroatoms. The SMILES string of the molecule is CCC(CC)NCCOc1ccc(Cl)c(Cl)c1. The van der Waals surface area contributed by atoms with Gasteiger partial charge in [0.15, 0.2) is 0 Å². The van der Waals surface area contributed by atoms with Gasteiger partial charge >= 0.3 is 0 Å². The molecule has 0 aliphatic carbocycles.